The predicted molar refractivity (Wildman–Crippen MR) is 63.4 cm³/mol. The number of halogens is 1. The van der Waals surface area contributed by atoms with E-state index in [1.165, 1.54) is 24.6 Å². The molecule has 0 atom stereocenters. The molecule has 0 fully saturated rings. The van der Waals surface area contributed by atoms with Gasteiger partial charge in [0.1, 0.15) is 6.26 Å². The average Bonchev–Trinajstić information content (AvgIpc) is 2.74. The molecule has 0 saturated heterocycles. The molecule has 0 bridgehead atoms. The smallest absolute Gasteiger partial charge is 0.336 e. The van der Waals surface area contributed by atoms with Gasteiger partial charge in [-0.05, 0) is 23.9 Å². The van der Waals surface area contributed by atoms with Crippen LogP contribution in [-0.4, -0.2) is 16.1 Å². The van der Waals surface area contributed by atoms with Crippen molar-refractivity contribution in [2.24, 2.45) is 0 Å². The van der Waals surface area contributed by atoms with Crippen molar-refractivity contribution in [2.75, 3.05) is 5.73 Å². The number of oxazole rings is 1. The molecule has 0 radical (unpaired) electrons. The quantitative estimate of drug-likeness (QED) is 0.834. The summed E-state index contributed by atoms with van der Waals surface area (Å²) in [7, 11) is 0. The van der Waals surface area contributed by atoms with Crippen molar-refractivity contribution in [3.8, 4) is 0 Å². The molecule has 0 aliphatic heterocycles. The Bertz CT molecular complexity index is 557. The van der Waals surface area contributed by atoms with Crippen molar-refractivity contribution in [2.45, 2.75) is 10.1 Å². The van der Waals surface area contributed by atoms with E-state index in [1.807, 2.05) is 0 Å². The van der Waals surface area contributed by atoms with Crippen molar-refractivity contribution >= 4 is 35.0 Å². The second-order valence-corrected chi connectivity index (χ2v) is 4.45. The van der Waals surface area contributed by atoms with Crippen molar-refractivity contribution in [3.63, 3.8) is 0 Å². The third kappa shape index (κ3) is 2.54. The van der Waals surface area contributed by atoms with Gasteiger partial charge in [0.05, 0.1) is 21.7 Å². The zero-order chi connectivity index (χ0) is 12.4. The van der Waals surface area contributed by atoms with Gasteiger partial charge in [0.2, 0.25) is 0 Å². The first-order valence-corrected chi connectivity index (χ1v) is 5.67. The number of hydrogen-bond donors (Lipinski definition) is 2. The normalized spacial score (nSPS) is 10.4. The number of nitrogens with two attached hydrogens (primary N) is 1. The number of nitrogen functional groups attached to an aromatic ring is 1. The highest BCUT2D eigenvalue weighted by Crippen LogP contribution is 2.36. The number of nitrogens with zero attached hydrogens (tertiary/aromatic N) is 1. The van der Waals surface area contributed by atoms with Crippen LogP contribution in [-0.2, 0) is 0 Å². The van der Waals surface area contributed by atoms with E-state index in [0.29, 0.717) is 15.8 Å². The summed E-state index contributed by atoms with van der Waals surface area (Å²) in [5.74, 6) is -1.10. The van der Waals surface area contributed by atoms with Crippen LogP contribution < -0.4 is 5.73 Å². The van der Waals surface area contributed by atoms with Crippen molar-refractivity contribution in [3.05, 3.63) is 35.2 Å². The maximum Gasteiger partial charge on any atom is 0.336 e. The lowest BCUT2D eigenvalue weighted by Gasteiger charge is -2.07. The van der Waals surface area contributed by atoms with Crippen molar-refractivity contribution < 1.29 is 14.3 Å². The molecule has 1 aromatic heterocycles. The fourth-order valence-corrected chi connectivity index (χ4v) is 2.37. The van der Waals surface area contributed by atoms with Crippen LogP contribution >= 0.6 is 23.4 Å². The molecule has 5 nitrogen and oxygen atoms in total. The van der Waals surface area contributed by atoms with Gasteiger partial charge in [-0.3, -0.25) is 0 Å². The highest BCUT2D eigenvalue weighted by Gasteiger charge is 2.17. The number of carboxylic acids is 1. The summed E-state index contributed by atoms with van der Waals surface area (Å²) < 4.78 is 5.03. The van der Waals surface area contributed by atoms with Crippen LogP contribution in [0, 0.1) is 0 Å². The van der Waals surface area contributed by atoms with Gasteiger partial charge in [-0.15, -0.1) is 0 Å². The molecule has 88 valence electrons. The Balaban J connectivity index is 2.48. The van der Waals surface area contributed by atoms with Gasteiger partial charge >= 0.3 is 5.97 Å². The maximum absolute atomic E-state index is 11.1. The van der Waals surface area contributed by atoms with Crippen LogP contribution in [0.1, 0.15) is 10.4 Å². The highest BCUT2D eigenvalue weighted by molar-refractivity contribution is 7.99. The summed E-state index contributed by atoms with van der Waals surface area (Å²) in [5.41, 5.74) is 5.87. The van der Waals surface area contributed by atoms with E-state index in [2.05, 4.69) is 4.98 Å². The lowest BCUT2D eigenvalue weighted by molar-refractivity contribution is 0.0693. The van der Waals surface area contributed by atoms with Crippen LogP contribution in [0.5, 0.6) is 0 Å². The Morgan fingerprint density at radius 3 is 2.88 bits per heavy atom. The summed E-state index contributed by atoms with van der Waals surface area (Å²) in [6, 6.07) is 2.83. The summed E-state index contributed by atoms with van der Waals surface area (Å²) in [4.78, 5) is 15.3. The molecule has 3 N–H and O–H groups in total. The molecule has 0 spiro atoms. The molecule has 7 heteroatoms. The third-order valence-corrected chi connectivity index (χ3v) is 3.33. The molecule has 0 aliphatic carbocycles. The topological polar surface area (TPSA) is 89.4 Å². The number of aromatic carboxylic acids is 1. The summed E-state index contributed by atoms with van der Waals surface area (Å²) in [5, 5.41) is 9.64. The lowest BCUT2D eigenvalue weighted by Crippen LogP contribution is -2.01. The van der Waals surface area contributed by atoms with Crippen LogP contribution in [0.2, 0.25) is 5.02 Å². The number of carboxylic acid groups (broad SMARTS) is 1. The van der Waals surface area contributed by atoms with Crippen molar-refractivity contribution in [1.82, 2.24) is 4.98 Å². The number of hydrogen-bond acceptors (Lipinski definition) is 5. The Morgan fingerprint density at radius 2 is 2.29 bits per heavy atom. The Kier molecular flexibility index (Phi) is 3.26. The molecular weight excluding hydrogens is 264 g/mol. The van der Waals surface area contributed by atoms with Gasteiger partial charge in [0.25, 0.3) is 5.22 Å². The predicted octanol–water partition coefficient (Wildman–Crippen LogP) is 2.76. The number of carbonyl (C=O) groups is 1. The van der Waals surface area contributed by atoms with Gasteiger partial charge in [-0.2, -0.15) is 0 Å². The second kappa shape index (κ2) is 4.68. The first-order chi connectivity index (χ1) is 8.08. The summed E-state index contributed by atoms with van der Waals surface area (Å²) in [6.45, 7) is 0. The highest BCUT2D eigenvalue weighted by atomic mass is 35.5. The van der Waals surface area contributed by atoms with Crippen LogP contribution in [0.4, 0.5) is 5.69 Å². The first kappa shape index (κ1) is 11.8. The largest absolute Gasteiger partial charge is 0.478 e. The average molecular weight is 271 g/mol. The SMILES string of the molecule is Nc1cc(Cl)c(Sc2ncco2)c(C(=O)O)c1. The zero-order valence-corrected chi connectivity index (χ0v) is 9.96. The van der Waals surface area contributed by atoms with E-state index < -0.39 is 5.97 Å². The Labute approximate surface area is 106 Å². The van der Waals surface area contributed by atoms with E-state index >= 15 is 0 Å². The van der Waals surface area contributed by atoms with Gasteiger partial charge < -0.3 is 15.3 Å². The third-order valence-electron chi connectivity index (χ3n) is 1.90. The van der Waals surface area contributed by atoms with Crippen LogP contribution in [0.3, 0.4) is 0 Å². The maximum atomic E-state index is 11.1. The zero-order valence-electron chi connectivity index (χ0n) is 8.38. The molecule has 17 heavy (non-hydrogen) atoms. The Morgan fingerprint density at radius 1 is 1.53 bits per heavy atom. The Hall–Kier alpha value is -1.66. The van der Waals surface area contributed by atoms with E-state index in [4.69, 9.17) is 26.9 Å². The molecule has 0 amide bonds. The molecule has 1 aromatic carbocycles. The monoisotopic (exact) mass is 270 g/mol. The van der Waals surface area contributed by atoms with Crippen LogP contribution in [0.15, 0.2) is 39.1 Å². The number of anilines is 1. The van der Waals surface area contributed by atoms with Gasteiger partial charge in [-0.25, -0.2) is 9.78 Å². The number of aromatic nitrogens is 1. The fraction of sp³-hybridized carbons (Fsp3) is 0. The van der Waals surface area contributed by atoms with Crippen LogP contribution in [0.25, 0.3) is 0 Å². The molecule has 2 aromatic rings. The minimum absolute atomic E-state index is 0.0261. The second-order valence-electron chi connectivity index (χ2n) is 3.08. The lowest BCUT2D eigenvalue weighted by atomic mass is 10.2. The van der Waals surface area contributed by atoms with Gasteiger partial charge in [0, 0.05) is 5.69 Å². The number of rotatable bonds is 3. The minimum Gasteiger partial charge on any atom is -0.478 e. The summed E-state index contributed by atoms with van der Waals surface area (Å²) >= 11 is 7.00. The molecule has 0 aliphatic rings. The summed E-state index contributed by atoms with van der Waals surface area (Å²) in [6.07, 6.45) is 2.86. The molecule has 2 rings (SSSR count). The molecule has 1 heterocycles. The van der Waals surface area contributed by atoms with E-state index in [-0.39, 0.29) is 10.6 Å². The van der Waals surface area contributed by atoms with E-state index in [1.54, 1.807) is 0 Å². The first-order valence-electron chi connectivity index (χ1n) is 4.47. The standard InChI is InChI=1S/C10H7ClN2O3S/c11-7-4-5(12)3-6(9(14)15)8(7)17-10-13-1-2-16-10/h1-4H,12H2,(H,14,15). The van der Waals surface area contributed by atoms with Crippen molar-refractivity contribution in [1.29, 1.82) is 0 Å². The minimum atomic E-state index is -1.10. The molecule has 0 unspecified atom stereocenters. The van der Waals surface area contributed by atoms with Gasteiger partial charge in [-0.1, -0.05) is 11.6 Å². The van der Waals surface area contributed by atoms with Gasteiger partial charge in [0.15, 0.2) is 0 Å². The van der Waals surface area contributed by atoms with E-state index in [0.717, 1.165) is 11.8 Å². The van der Waals surface area contributed by atoms with E-state index in [9.17, 15) is 4.79 Å². The number of benzene rings is 1. The molecule has 0 saturated carbocycles. The fourth-order valence-electron chi connectivity index (χ4n) is 1.23. The molecular formula is C10H7ClN2O3S.